The van der Waals surface area contributed by atoms with Gasteiger partial charge in [-0.3, -0.25) is 4.79 Å². The molecule has 4 nitrogen and oxygen atoms in total. The van der Waals surface area contributed by atoms with Gasteiger partial charge >= 0.3 is 0 Å². The summed E-state index contributed by atoms with van der Waals surface area (Å²) in [6, 6.07) is 5.52. The maximum atomic E-state index is 12.0. The first-order valence-corrected chi connectivity index (χ1v) is 7.30. The quantitative estimate of drug-likeness (QED) is 0.598. The molecule has 0 atom stereocenters. The van der Waals surface area contributed by atoms with Crippen LogP contribution in [0.2, 0.25) is 0 Å². The zero-order chi connectivity index (χ0) is 14.4. The average molecular weight is 316 g/mol. The molecule has 1 aliphatic rings. The normalized spacial score (nSPS) is 12.9. The second-order valence-electron chi connectivity index (χ2n) is 4.15. The Morgan fingerprint density at radius 3 is 2.60 bits per heavy atom. The summed E-state index contributed by atoms with van der Waals surface area (Å²) in [5, 5.41) is 0. The minimum absolute atomic E-state index is 0.107. The van der Waals surface area contributed by atoms with Crippen LogP contribution in [0.3, 0.4) is 0 Å². The molecule has 0 N–H and O–H groups in total. The summed E-state index contributed by atoms with van der Waals surface area (Å²) < 4.78 is 10.5. The van der Waals surface area contributed by atoms with E-state index in [9.17, 15) is 4.79 Å². The van der Waals surface area contributed by atoms with Crippen molar-refractivity contribution in [3.05, 3.63) is 29.8 Å². The van der Waals surface area contributed by atoms with Crippen LogP contribution in [0.15, 0.2) is 24.3 Å². The molecule has 0 saturated carbocycles. The maximum absolute atomic E-state index is 12.0. The third-order valence-corrected chi connectivity index (χ3v) is 3.17. The van der Waals surface area contributed by atoms with E-state index in [1.807, 2.05) is 18.2 Å². The number of rotatable bonds is 6. The van der Waals surface area contributed by atoms with Crippen molar-refractivity contribution < 1.29 is 14.3 Å². The monoisotopic (exact) mass is 315 g/mol. The minimum atomic E-state index is -0.107. The molecule has 0 radical (unpaired) electrons. The number of hydrogen-bond donors (Lipinski definition) is 0. The molecule has 6 heteroatoms. The Bertz CT molecular complexity index is 499. The topological polar surface area (TPSA) is 38.8 Å². The molecule has 0 unspecified atom stereocenters. The maximum Gasteiger partial charge on any atom is 0.246 e. The van der Waals surface area contributed by atoms with Gasteiger partial charge in [0, 0.05) is 30.9 Å². The smallest absolute Gasteiger partial charge is 0.246 e. The zero-order valence-electron chi connectivity index (χ0n) is 10.9. The highest BCUT2D eigenvalue weighted by atomic mass is 35.5. The number of carbonyl (C=O) groups is 1. The largest absolute Gasteiger partial charge is 0.454 e. The first-order chi connectivity index (χ1) is 9.74. The number of halogens is 2. The molecular weight excluding hydrogens is 301 g/mol. The van der Waals surface area contributed by atoms with Gasteiger partial charge in [-0.05, 0) is 23.8 Å². The van der Waals surface area contributed by atoms with E-state index in [0.29, 0.717) is 30.6 Å². The van der Waals surface area contributed by atoms with E-state index in [2.05, 4.69) is 0 Å². The Labute approximate surface area is 127 Å². The molecule has 0 saturated heterocycles. The molecule has 1 amide bonds. The van der Waals surface area contributed by atoms with Crippen molar-refractivity contribution in [3.8, 4) is 11.5 Å². The third-order valence-electron chi connectivity index (χ3n) is 2.84. The fourth-order valence-corrected chi connectivity index (χ4v) is 2.23. The number of hydrogen-bond acceptors (Lipinski definition) is 3. The summed E-state index contributed by atoms with van der Waals surface area (Å²) in [6.45, 7) is 1.21. The number of benzene rings is 1. The van der Waals surface area contributed by atoms with E-state index in [-0.39, 0.29) is 12.7 Å². The van der Waals surface area contributed by atoms with Crippen LogP contribution in [0.25, 0.3) is 6.08 Å². The van der Waals surface area contributed by atoms with Crippen molar-refractivity contribution in [2.24, 2.45) is 0 Å². The number of nitrogens with zero attached hydrogens (tertiary/aromatic N) is 1. The van der Waals surface area contributed by atoms with Crippen molar-refractivity contribution in [3.63, 3.8) is 0 Å². The van der Waals surface area contributed by atoms with E-state index in [4.69, 9.17) is 32.7 Å². The van der Waals surface area contributed by atoms with Gasteiger partial charge in [0.1, 0.15) is 0 Å². The van der Waals surface area contributed by atoms with E-state index in [1.54, 1.807) is 11.0 Å². The number of alkyl halides is 2. The van der Waals surface area contributed by atoms with Crippen LogP contribution in [-0.2, 0) is 4.79 Å². The van der Waals surface area contributed by atoms with Gasteiger partial charge in [-0.15, -0.1) is 23.2 Å². The van der Waals surface area contributed by atoms with Gasteiger partial charge in [0.15, 0.2) is 11.5 Å². The van der Waals surface area contributed by atoms with Crippen molar-refractivity contribution in [1.82, 2.24) is 4.90 Å². The summed E-state index contributed by atoms with van der Waals surface area (Å²) in [6.07, 6.45) is 3.25. The summed E-state index contributed by atoms with van der Waals surface area (Å²) >= 11 is 11.3. The molecule has 1 aromatic rings. The number of amides is 1. The van der Waals surface area contributed by atoms with Gasteiger partial charge < -0.3 is 14.4 Å². The summed E-state index contributed by atoms with van der Waals surface area (Å²) in [5.41, 5.74) is 0.874. The van der Waals surface area contributed by atoms with Crippen molar-refractivity contribution >= 4 is 35.2 Å². The Morgan fingerprint density at radius 1 is 1.20 bits per heavy atom. The molecule has 20 heavy (non-hydrogen) atoms. The molecule has 1 aromatic carbocycles. The van der Waals surface area contributed by atoms with Gasteiger partial charge in [0.2, 0.25) is 12.7 Å². The predicted octanol–water partition coefficient (Wildman–Crippen LogP) is 2.73. The average Bonchev–Trinajstić information content (AvgIpc) is 2.92. The first kappa shape index (κ1) is 15.0. The molecule has 0 spiro atoms. The second kappa shape index (κ2) is 7.41. The summed E-state index contributed by atoms with van der Waals surface area (Å²) in [7, 11) is 0. The lowest BCUT2D eigenvalue weighted by molar-refractivity contribution is -0.125. The molecule has 1 aliphatic heterocycles. The Balaban J connectivity index is 2.02. The second-order valence-corrected chi connectivity index (χ2v) is 4.91. The van der Waals surface area contributed by atoms with Gasteiger partial charge in [0.25, 0.3) is 0 Å². The van der Waals surface area contributed by atoms with E-state index in [1.165, 1.54) is 6.08 Å². The molecule has 0 aliphatic carbocycles. The molecule has 0 fully saturated rings. The first-order valence-electron chi connectivity index (χ1n) is 6.23. The summed E-state index contributed by atoms with van der Waals surface area (Å²) in [5.74, 6) is 2.09. The molecule has 108 valence electrons. The molecule has 1 heterocycles. The highest BCUT2D eigenvalue weighted by Crippen LogP contribution is 2.32. The molecular formula is C14H15Cl2NO3. The Morgan fingerprint density at radius 2 is 1.90 bits per heavy atom. The van der Waals surface area contributed by atoms with Crippen molar-refractivity contribution in [2.75, 3.05) is 31.6 Å². The lowest BCUT2D eigenvalue weighted by atomic mass is 10.2. The van der Waals surface area contributed by atoms with E-state index >= 15 is 0 Å². The van der Waals surface area contributed by atoms with E-state index in [0.717, 1.165) is 11.3 Å². The standard InChI is InChI=1S/C14H15Cl2NO3/c15-5-7-17(8-6-16)14(18)4-2-11-1-3-12-13(9-11)20-10-19-12/h1-4,9H,5-8,10H2. The van der Waals surface area contributed by atoms with Crippen molar-refractivity contribution in [2.45, 2.75) is 0 Å². The van der Waals surface area contributed by atoms with Crippen LogP contribution in [0.1, 0.15) is 5.56 Å². The van der Waals surface area contributed by atoms with Crippen LogP contribution in [-0.4, -0.2) is 42.4 Å². The molecule has 0 bridgehead atoms. The number of carbonyl (C=O) groups excluding carboxylic acids is 1. The SMILES string of the molecule is O=C(C=Cc1ccc2c(c1)OCO2)N(CCCl)CCCl. The van der Waals surface area contributed by atoms with Crippen LogP contribution >= 0.6 is 23.2 Å². The van der Waals surface area contributed by atoms with Crippen LogP contribution in [0, 0.1) is 0 Å². The van der Waals surface area contributed by atoms with Gasteiger partial charge in [0.05, 0.1) is 0 Å². The highest BCUT2D eigenvalue weighted by molar-refractivity contribution is 6.18. The van der Waals surface area contributed by atoms with Crippen LogP contribution in [0.4, 0.5) is 0 Å². The molecule has 2 rings (SSSR count). The minimum Gasteiger partial charge on any atom is -0.454 e. The van der Waals surface area contributed by atoms with Crippen molar-refractivity contribution in [1.29, 1.82) is 0 Å². The lowest BCUT2D eigenvalue weighted by Gasteiger charge is -2.18. The highest BCUT2D eigenvalue weighted by Gasteiger charge is 2.13. The molecule has 0 aromatic heterocycles. The zero-order valence-corrected chi connectivity index (χ0v) is 12.4. The fourth-order valence-electron chi connectivity index (χ4n) is 1.83. The van der Waals surface area contributed by atoms with Crippen LogP contribution < -0.4 is 9.47 Å². The number of fused-ring (bicyclic) bond motifs is 1. The van der Waals surface area contributed by atoms with Gasteiger partial charge in [-0.25, -0.2) is 0 Å². The number of ether oxygens (including phenoxy) is 2. The van der Waals surface area contributed by atoms with Gasteiger partial charge in [-0.2, -0.15) is 0 Å². The van der Waals surface area contributed by atoms with Gasteiger partial charge in [-0.1, -0.05) is 6.07 Å². The summed E-state index contributed by atoms with van der Waals surface area (Å²) in [4.78, 5) is 13.6. The lowest BCUT2D eigenvalue weighted by Crippen LogP contribution is -2.33. The Kier molecular flexibility index (Phi) is 5.56. The predicted molar refractivity (Wildman–Crippen MR) is 79.6 cm³/mol. The van der Waals surface area contributed by atoms with Crippen LogP contribution in [0.5, 0.6) is 11.5 Å². The Hall–Kier alpha value is -1.39. The van der Waals surface area contributed by atoms with E-state index < -0.39 is 0 Å². The third kappa shape index (κ3) is 3.81. The fraction of sp³-hybridized carbons (Fsp3) is 0.357.